The fourth-order valence-electron chi connectivity index (χ4n) is 2.02. The number of hydrogen-bond donors (Lipinski definition) is 1. The third kappa shape index (κ3) is 3.57. The molecule has 1 aliphatic rings. The van der Waals surface area contributed by atoms with Crippen molar-refractivity contribution in [3.05, 3.63) is 16.7 Å². The van der Waals surface area contributed by atoms with E-state index in [9.17, 15) is 4.79 Å². The van der Waals surface area contributed by atoms with Crippen molar-refractivity contribution in [2.24, 2.45) is 0 Å². The quantitative estimate of drug-likeness (QED) is 0.839. The normalized spacial score (nSPS) is 19.3. The van der Waals surface area contributed by atoms with Crippen LogP contribution in [0, 0.1) is 0 Å². The summed E-state index contributed by atoms with van der Waals surface area (Å²) in [5, 5.41) is 0. The van der Waals surface area contributed by atoms with Crippen LogP contribution in [0.25, 0.3) is 0 Å². The van der Waals surface area contributed by atoms with Crippen molar-refractivity contribution >= 4 is 33.4 Å². The van der Waals surface area contributed by atoms with Crippen molar-refractivity contribution in [3.8, 4) is 0 Å². The molecule has 6 nitrogen and oxygen atoms in total. The molecule has 1 aromatic rings. The van der Waals surface area contributed by atoms with E-state index >= 15 is 0 Å². The summed E-state index contributed by atoms with van der Waals surface area (Å²) in [7, 11) is 1.37. The van der Waals surface area contributed by atoms with E-state index in [1.807, 2.05) is 11.0 Å². The Hall–Kier alpha value is -1.34. The van der Waals surface area contributed by atoms with Crippen LogP contribution in [-0.2, 0) is 14.3 Å². The molecular weight excluding hydrogens is 314 g/mol. The molecule has 0 bridgehead atoms. The molecular formula is C12H16BrN3O3. The van der Waals surface area contributed by atoms with Gasteiger partial charge in [0.25, 0.3) is 0 Å². The number of carbonyl (C=O) groups is 1. The number of hydrogen-bond acceptors (Lipinski definition) is 6. The Morgan fingerprint density at radius 1 is 1.74 bits per heavy atom. The summed E-state index contributed by atoms with van der Waals surface area (Å²) in [5.41, 5.74) is 6.56. The molecule has 7 heteroatoms. The Kier molecular flexibility index (Phi) is 4.60. The van der Waals surface area contributed by atoms with Crippen molar-refractivity contribution in [1.82, 2.24) is 4.98 Å². The lowest BCUT2D eigenvalue weighted by atomic mass is 10.2. The van der Waals surface area contributed by atoms with E-state index in [0.29, 0.717) is 25.4 Å². The fourth-order valence-corrected chi connectivity index (χ4v) is 2.37. The lowest BCUT2D eigenvalue weighted by Gasteiger charge is -2.33. The fraction of sp³-hybridized carbons (Fsp3) is 0.500. The van der Waals surface area contributed by atoms with Crippen LogP contribution in [0.2, 0.25) is 0 Å². The zero-order valence-corrected chi connectivity index (χ0v) is 12.2. The van der Waals surface area contributed by atoms with Crippen molar-refractivity contribution in [2.75, 3.05) is 37.4 Å². The maximum absolute atomic E-state index is 11.3. The second-order valence-electron chi connectivity index (χ2n) is 4.29. The van der Waals surface area contributed by atoms with Crippen LogP contribution < -0.4 is 10.6 Å². The first-order valence-corrected chi connectivity index (χ1v) is 6.74. The number of halogens is 1. The average molecular weight is 330 g/mol. The van der Waals surface area contributed by atoms with E-state index in [2.05, 4.69) is 25.7 Å². The summed E-state index contributed by atoms with van der Waals surface area (Å²) < 4.78 is 11.0. The number of morpholine rings is 1. The number of esters is 1. The number of rotatable bonds is 3. The highest BCUT2D eigenvalue weighted by Crippen LogP contribution is 2.25. The Morgan fingerprint density at radius 2 is 2.53 bits per heavy atom. The Morgan fingerprint density at radius 3 is 3.21 bits per heavy atom. The minimum Gasteiger partial charge on any atom is -0.469 e. The molecule has 0 aromatic carbocycles. The van der Waals surface area contributed by atoms with Crippen molar-refractivity contribution < 1.29 is 14.3 Å². The smallest absolute Gasteiger partial charge is 0.308 e. The van der Waals surface area contributed by atoms with Gasteiger partial charge in [0.15, 0.2) is 5.82 Å². The van der Waals surface area contributed by atoms with Crippen LogP contribution in [0.1, 0.15) is 6.42 Å². The maximum atomic E-state index is 11.3. The number of nitrogen functional groups attached to an aromatic ring is 1. The highest BCUT2D eigenvalue weighted by Gasteiger charge is 2.25. The summed E-state index contributed by atoms with van der Waals surface area (Å²) in [6, 6.07) is 1.81. The first kappa shape index (κ1) is 14.1. The molecule has 2 N–H and O–H groups in total. The van der Waals surface area contributed by atoms with E-state index in [-0.39, 0.29) is 18.5 Å². The van der Waals surface area contributed by atoms with Crippen molar-refractivity contribution in [2.45, 2.75) is 12.5 Å². The number of ether oxygens (including phenoxy) is 2. The number of anilines is 2. The van der Waals surface area contributed by atoms with Gasteiger partial charge in [-0.2, -0.15) is 0 Å². The van der Waals surface area contributed by atoms with Gasteiger partial charge in [0.2, 0.25) is 0 Å². The first-order chi connectivity index (χ1) is 9.10. The summed E-state index contributed by atoms with van der Waals surface area (Å²) in [6.07, 6.45) is 1.76. The molecule has 2 heterocycles. The molecule has 1 fully saturated rings. The predicted molar refractivity (Wildman–Crippen MR) is 74.9 cm³/mol. The second kappa shape index (κ2) is 6.21. The Balaban J connectivity index is 2.06. The van der Waals surface area contributed by atoms with Crippen LogP contribution in [-0.4, -0.2) is 43.9 Å². The van der Waals surface area contributed by atoms with E-state index < -0.39 is 0 Å². The van der Waals surface area contributed by atoms with Gasteiger partial charge in [-0.05, 0) is 22.0 Å². The topological polar surface area (TPSA) is 77.7 Å². The van der Waals surface area contributed by atoms with Gasteiger partial charge >= 0.3 is 5.97 Å². The molecule has 1 aliphatic heterocycles. The van der Waals surface area contributed by atoms with Crippen molar-refractivity contribution in [3.63, 3.8) is 0 Å². The molecule has 1 saturated heterocycles. The molecule has 0 radical (unpaired) electrons. The zero-order chi connectivity index (χ0) is 13.8. The number of methoxy groups -OCH3 is 1. The molecule has 19 heavy (non-hydrogen) atoms. The first-order valence-electron chi connectivity index (χ1n) is 5.94. The van der Waals surface area contributed by atoms with Crippen LogP contribution in [0.4, 0.5) is 11.5 Å². The Bertz CT molecular complexity index is 470. The summed E-state index contributed by atoms with van der Waals surface area (Å²) in [5.74, 6) is 0.449. The summed E-state index contributed by atoms with van der Waals surface area (Å²) >= 11 is 3.33. The van der Waals surface area contributed by atoms with Gasteiger partial charge in [0.05, 0.1) is 31.9 Å². The molecule has 0 amide bonds. The summed E-state index contributed by atoms with van der Waals surface area (Å²) in [6.45, 7) is 1.82. The highest BCUT2D eigenvalue weighted by atomic mass is 79.9. The maximum Gasteiger partial charge on any atom is 0.308 e. The zero-order valence-electron chi connectivity index (χ0n) is 10.6. The number of pyridine rings is 1. The van der Waals surface area contributed by atoms with Gasteiger partial charge in [-0.25, -0.2) is 4.98 Å². The summed E-state index contributed by atoms with van der Waals surface area (Å²) in [4.78, 5) is 17.6. The van der Waals surface area contributed by atoms with Crippen LogP contribution in [0.5, 0.6) is 0 Å². The molecule has 0 saturated carbocycles. The van der Waals surface area contributed by atoms with Gasteiger partial charge < -0.3 is 20.1 Å². The van der Waals surface area contributed by atoms with E-state index in [4.69, 9.17) is 10.5 Å². The molecule has 1 aromatic heterocycles. The highest BCUT2D eigenvalue weighted by molar-refractivity contribution is 9.10. The van der Waals surface area contributed by atoms with Gasteiger partial charge in [0, 0.05) is 23.8 Å². The van der Waals surface area contributed by atoms with Gasteiger partial charge in [-0.15, -0.1) is 0 Å². The molecule has 0 aliphatic carbocycles. The van der Waals surface area contributed by atoms with Crippen LogP contribution in [0.3, 0.4) is 0 Å². The number of aromatic nitrogens is 1. The minimum atomic E-state index is -0.274. The lowest BCUT2D eigenvalue weighted by Crippen LogP contribution is -2.44. The molecule has 2 rings (SSSR count). The number of nitrogens with two attached hydrogens (primary N) is 1. The monoisotopic (exact) mass is 329 g/mol. The molecule has 0 spiro atoms. The molecule has 1 unspecified atom stereocenters. The van der Waals surface area contributed by atoms with Gasteiger partial charge in [-0.1, -0.05) is 0 Å². The molecule has 104 valence electrons. The minimum absolute atomic E-state index is 0.189. The average Bonchev–Trinajstić information content (AvgIpc) is 2.39. The van der Waals surface area contributed by atoms with E-state index in [1.54, 1.807) is 6.20 Å². The standard InChI is InChI=1S/C12H16BrN3O3/c1-18-11(17)5-9-7-16(2-3-19-9)12-10(14)4-8(13)6-15-12/h4,6,9H,2-3,5,7,14H2,1H3. The molecule has 1 atom stereocenters. The second-order valence-corrected chi connectivity index (χ2v) is 5.20. The van der Waals surface area contributed by atoms with E-state index in [1.165, 1.54) is 7.11 Å². The van der Waals surface area contributed by atoms with Crippen LogP contribution >= 0.6 is 15.9 Å². The third-order valence-electron chi connectivity index (χ3n) is 2.92. The number of carbonyl (C=O) groups excluding carboxylic acids is 1. The SMILES string of the molecule is COC(=O)CC1CN(c2ncc(Br)cc2N)CCO1. The van der Waals surface area contributed by atoms with E-state index in [0.717, 1.165) is 10.3 Å². The number of nitrogens with zero attached hydrogens (tertiary/aromatic N) is 2. The van der Waals surface area contributed by atoms with Gasteiger partial charge in [0.1, 0.15) is 0 Å². The van der Waals surface area contributed by atoms with Gasteiger partial charge in [-0.3, -0.25) is 4.79 Å². The Labute approximate surface area is 120 Å². The largest absolute Gasteiger partial charge is 0.469 e. The predicted octanol–water partition coefficient (Wildman–Crippen LogP) is 1.19. The third-order valence-corrected chi connectivity index (χ3v) is 3.36. The lowest BCUT2D eigenvalue weighted by molar-refractivity contribution is -0.144. The van der Waals surface area contributed by atoms with Crippen LogP contribution in [0.15, 0.2) is 16.7 Å². The van der Waals surface area contributed by atoms with Crippen molar-refractivity contribution in [1.29, 1.82) is 0 Å².